The Bertz CT molecular complexity index is 725. The average Bonchev–Trinajstić information content (AvgIpc) is 2.73. The topological polar surface area (TPSA) is 63.2 Å². The molecule has 5 nitrogen and oxygen atoms in total. The number of hydrogen-bond acceptors (Lipinski definition) is 4. The molecule has 0 aliphatic carbocycles. The monoisotopic (exact) mass is 301 g/mol. The molecule has 0 fully saturated rings. The summed E-state index contributed by atoms with van der Waals surface area (Å²) in [5.74, 6) is -0.623. The number of nitrogens with zero attached hydrogens (tertiary/aromatic N) is 3. The summed E-state index contributed by atoms with van der Waals surface area (Å²) in [6.07, 6.45) is 0. The molecule has 106 valence electrons. The molecule has 0 spiro atoms. The van der Waals surface area contributed by atoms with E-state index in [0.717, 1.165) is 0 Å². The fraction of sp³-hybridized carbons (Fsp3) is 0.200. The molecular weight excluding hydrogens is 290 g/mol. The van der Waals surface area contributed by atoms with Crippen LogP contribution in [0.5, 0.6) is 0 Å². The lowest BCUT2D eigenvalue weighted by Crippen LogP contribution is -2.32. The maximum Gasteiger partial charge on any atom is 0.262 e. The fourth-order valence-corrected chi connectivity index (χ4v) is 2.74. The smallest absolute Gasteiger partial charge is 0.262 e. The minimum atomic E-state index is -0.501. The number of hydrogen-bond donors (Lipinski definition) is 0. The van der Waals surface area contributed by atoms with Crippen molar-refractivity contribution in [3.05, 3.63) is 57.9 Å². The van der Waals surface area contributed by atoms with Crippen LogP contribution in [-0.2, 0) is 0 Å². The molecule has 0 bridgehead atoms. The van der Waals surface area contributed by atoms with Crippen molar-refractivity contribution >= 4 is 23.4 Å². The van der Waals surface area contributed by atoms with Gasteiger partial charge in [-0.1, -0.05) is 23.7 Å². The predicted octanol–water partition coefficient (Wildman–Crippen LogP) is 2.80. The Kier molecular flexibility index (Phi) is 3.22. The van der Waals surface area contributed by atoms with Crippen LogP contribution in [0.1, 0.15) is 44.9 Å². The Morgan fingerprint density at radius 1 is 1.10 bits per heavy atom. The van der Waals surface area contributed by atoms with Crippen molar-refractivity contribution in [3.8, 4) is 0 Å². The third-order valence-corrected chi connectivity index (χ3v) is 3.85. The SMILES string of the molecule is Cc1cc(C(C)N2C(=O)c3ccccc3C2=O)c(Cl)nn1. The molecule has 0 N–H and O–H groups in total. The third kappa shape index (κ3) is 2.10. The van der Waals surface area contributed by atoms with E-state index in [0.29, 0.717) is 22.4 Å². The van der Waals surface area contributed by atoms with Gasteiger partial charge in [-0.2, -0.15) is 5.10 Å². The summed E-state index contributed by atoms with van der Waals surface area (Å²) in [5, 5.41) is 7.89. The van der Waals surface area contributed by atoms with Gasteiger partial charge < -0.3 is 0 Å². The van der Waals surface area contributed by atoms with Gasteiger partial charge in [-0.3, -0.25) is 14.5 Å². The van der Waals surface area contributed by atoms with E-state index in [1.54, 1.807) is 44.2 Å². The summed E-state index contributed by atoms with van der Waals surface area (Å²) in [5.41, 5.74) is 2.13. The van der Waals surface area contributed by atoms with Gasteiger partial charge in [0, 0.05) is 5.56 Å². The number of amides is 2. The molecule has 1 aromatic heterocycles. The largest absolute Gasteiger partial charge is 0.269 e. The van der Waals surface area contributed by atoms with Crippen LogP contribution in [0.25, 0.3) is 0 Å². The number of aryl methyl sites for hydroxylation is 1. The van der Waals surface area contributed by atoms with Crippen molar-refractivity contribution < 1.29 is 9.59 Å². The quantitative estimate of drug-likeness (QED) is 0.800. The third-order valence-electron chi connectivity index (χ3n) is 3.56. The summed E-state index contributed by atoms with van der Waals surface area (Å²) in [6.45, 7) is 3.53. The highest BCUT2D eigenvalue weighted by Crippen LogP contribution is 2.33. The minimum Gasteiger partial charge on any atom is -0.269 e. The van der Waals surface area contributed by atoms with Crippen molar-refractivity contribution in [1.82, 2.24) is 15.1 Å². The summed E-state index contributed by atoms with van der Waals surface area (Å²) in [4.78, 5) is 26.1. The second-order valence-corrected chi connectivity index (χ2v) is 5.29. The number of benzene rings is 1. The molecule has 1 atom stereocenters. The number of fused-ring (bicyclic) bond motifs is 1. The highest BCUT2D eigenvalue weighted by atomic mass is 35.5. The second-order valence-electron chi connectivity index (χ2n) is 4.93. The molecule has 21 heavy (non-hydrogen) atoms. The zero-order valence-corrected chi connectivity index (χ0v) is 12.3. The second kappa shape index (κ2) is 4.93. The van der Waals surface area contributed by atoms with Gasteiger partial charge in [0.05, 0.1) is 22.9 Å². The Labute approximate surface area is 126 Å². The molecule has 1 aromatic carbocycles. The molecule has 1 aliphatic rings. The van der Waals surface area contributed by atoms with Crippen LogP contribution in [0.3, 0.4) is 0 Å². The first-order chi connectivity index (χ1) is 10.0. The van der Waals surface area contributed by atoms with E-state index < -0.39 is 6.04 Å². The summed E-state index contributed by atoms with van der Waals surface area (Å²) >= 11 is 6.05. The first-order valence-electron chi connectivity index (χ1n) is 6.47. The maximum atomic E-state index is 12.4. The molecule has 2 heterocycles. The number of aromatic nitrogens is 2. The summed E-state index contributed by atoms with van der Waals surface area (Å²) in [7, 11) is 0. The number of carbonyl (C=O) groups is 2. The fourth-order valence-electron chi connectivity index (χ4n) is 2.49. The van der Waals surface area contributed by atoms with E-state index in [2.05, 4.69) is 10.2 Å². The standard InChI is InChI=1S/C15H12ClN3O2/c1-8-7-12(13(16)18-17-8)9(2)19-14(20)10-5-3-4-6-11(10)15(19)21/h3-7,9H,1-2H3. The van der Waals surface area contributed by atoms with Crippen molar-refractivity contribution in [2.45, 2.75) is 19.9 Å². The number of carbonyl (C=O) groups excluding carboxylic acids is 2. The maximum absolute atomic E-state index is 12.4. The van der Waals surface area contributed by atoms with E-state index in [1.165, 1.54) is 4.90 Å². The van der Waals surface area contributed by atoms with Crippen LogP contribution < -0.4 is 0 Å². The summed E-state index contributed by atoms with van der Waals surface area (Å²) in [6, 6.07) is 8.02. The molecule has 0 saturated heterocycles. The first-order valence-corrected chi connectivity index (χ1v) is 6.85. The number of imide groups is 1. The Hall–Kier alpha value is -2.27. The van der Waals surface area contributed by atoms with Gasteiger partial charge in [-0.15, -0.1) is 5.10 Å². The van der Waals surface area contributed by atoms with Gasteiger partial charge in [-0.25, -0.2) is 0 Å². The molecular formula is C15H12ClN3O2. The van der Waals surface area contributed by atoms with Crippen LogP contribution in [0.4, 0.5) is 0 Å². The van der Waals surface area contributed by atoms with Gasteiger partial charge in [0.15, 0.2) is 5.15 Å². The number of halogens is 1. The molecule has 3 rings (SSSR count). The normalized spacial score (nSPS) is 15.3. The Balaban J connectivity index is 2.04. The molecule has 0 radical (unpaired) electrons. The van der Waals surface area contributed by atoms with Crippen molar-refractivity contribution in [3.63, 3.8) is 0 Å². The zero-order chi connectivity index (χ0) is 15.1. The molecule has 0 saturated carbocycles. The lowest BCUT2D eigenvalue weighted by Gasteiger charge is -2.23. The minimum absolute atomic E-state index is 0.199. The van der Waals surface area contributed by atoms with E-state index in [9.17, 15) is 9.59 Å². The van der Waals surface area contributed by atoms with Gasteiger partial charge >= 0.3 is 0 Å². The van der Waals surface area contributed by atoms with Crippen LogP contribution in [-0.4, -0.2) is 26.9 Å². The van der Waals surface area contributed by atoms with E-state index in [4.69, 9.17) is 11.6 Å². The first kappa shape index (κ1) is 13.7. The van der Waals surface area contributed by atoms with Crippen molar-refractivity contribution in [2.24, 2.45) is 0 Å². The number of rotatable bonds is 2. The van der Waals surface area contributed by atoms with Gasteiger partial charge in [0.1, 0.15) is 0 Å². The molecule has 1 unspecified atom stereocenters. The highest BCUT2D eigenvalue weighted by Gasteiger charge is 2.39. The molecule has 2 aromatic rings. The van der Waals surface area contributed by atoms with Crippen molar-refractivity contribution in [1.29, 1.82) is 0 Å². The molecule has 2 amide bonds. The van der Waals surface area contributed by atoms with Gasteiger partial charge in [-0.05, 0) is 32.0 Å². The van der Waals surface area contributed by atoms with Gasteiger partial charge in [0.25, 0.3) is 11.8 Å². The van der Waals surface area contributed by atoms with E-state index in [1.807, 2.05) is 0 Å². The van der Waals surface area contributed by atoms with Gasteiger partial charge in [0.2, 0.25) is 0 Å². The Morgan fingerprint density at radius 3 is 2.24 bits per heavy atom. The predicted molar refractivity (Wildman–Crippen MR) is 77.1 cm³/mol. The Morgan fingerprint density at radius 2 is 1.67 bits per heavy atom. The average molecular weight is 302 g/mol. The van der Waals surface area contributed by atoms with E-state index in [-0.39, 0.29) is 17.0 Å². The highest BCUT2D eigenvalue weighted by molar-refractivity contribution is 6.30. The lowest BCUT2D eigenvalue weighted by molar-refractivity contribution is 0.0595. The zero-order valence-electron chi connectivity index (χ0n) is 11.5. The molecule has 1 aliphatic heterocycles. The van der Waals surface area contributed by atoms with Crippen molar-refractivity contribution in [2.75, 3.05) is 0 Å². The van der Waals surface area contributed by atoms with Crippen LogP contribution in [0, 0.1) is 6.92 Å². The molecule has 6 heteroatoms. The summed E-state index contributed by atoms with van der Waals surface area (Å²) < 4.78 is 0. The van der Waals surface area contributed by atoms with Crippen LogP contribution in [0.2, 0.25) is 5.15 Å². The van der Waals surface area contributed by atoms with Crippen LogP contribution in [0.15, 0.2) is 30.3 Å². The lowest BCUT2D eigenvalue weighted by atomic mass is 10.1. The van der Waals surface area contributed by atoms with Crippen LogP contribution >= 0.6 is 11.6 Å². The van der Waals surface area contributed by atoms with E-state index >= 15 is 0 Å².